The molecular weight excluding hydrogens is 277 g/mol. The minimum atomic E-state index is -0.611. The molecule has 0 fully saturated rings. The third kappa shape index (κ3) is 1.99. The van der Waals surface area contributed by atoms with Gasteiger partial charge in [-0.05, 0) is 18.2 Å². The molecule has 0 aliphatic rings. The number of halogens is 1. The Morgan fingerprint density at radius 2 is 2.10 bits per heavy atom. The fraction of sp³-hybridized carbons (Fsp3) is 0.0714. The van der Waals surface area contributed by atoms with Gasteiger partial charge in [-0.2, -0.15) is 0 Å². The number of rotatable bonds is 2. The van der Waals surface area contributed by atoms with E-state index in [4.69, 9.17) is 4.74 Å². The lowest BCUT2D eigenvalue weighted by Crippen LogP contribution is -2.23. The van der Waals surface area contributed by atoms with Crippen molar-refractivity contribution in [1.82, 2.24) is 14.5 Å². The number of pyridine rings is 1. The molecule has 0 aliphatic carbocycles. The van der Waals surface area contributed by atoms with Gasteiger partial charge in [-0.1, -0.05) is 6.07 Å². The molecule has 0 aliphatic heterocycles. The van der Waals surface area contributed by atoms with Crippen molar-refractivity contribution in [3.63, 3.8) is 0 Å². The molecule has 0 atom stereocenters. The number of ether oxygens (including phenoxy) is 1. The van der Waals surface area contributed by atoms with E-state index >= 15 is 0 Å². The van der Waals surface area contributed by atoms with E-state index in [0.717, 1.165) is 10.9 Å². The number of nitrogens with one attached hydrogen (secondary N) is 1. The first-order chi connectivity index (χ1) is 10.1. The molecule has 6 nitrogen and oxygen atoms in total. The first-order valence-corrected chi connectivity index (χ1v) is 6.05. The van der Waals surface area contributed by atoms with Gasteiger partial charge in [0, 0.05) is 6.20 Å². The molecule has 3 aromatic rings. The Morgan fingerprint density at radius 1 is 1.29 bits per heavy atom. The molecule has 1 aromatic carbocycles. The van der Waals surface area contributed by atoms with Crippen LogP contribution in [0.1, 0.15) is 0 Å². The topological polar surface area (TPSA) is 77.0 Å². The maximum absolute atomic E-state index is 14.1. The zero-order valence-electron chi connectivity index (χ0n) is 11.0. The minimum Gasteiger partial charge on any atom is -0.494 e. The van der Waals surface area contributed by atoms with E-state index in [1.807, 2.05) is 0 Å². The lowest BCUT2D eigenvalue weighted by molar-refractivity contribution is 0.408. The number of methoxy groups -OCH3 is 1. The number of aromatic amines is 1. The maximum Gasteiger partial charge on any atom is 0.282 e. The Morgan fingerprint density at radius 3 is 2.86 bits per heavy atom. The summed E-state index contributed by atoms with van der Waals surface area (Å²) in [5.74, 6) is -0.401. The summed E-state index contributed by atoms with van der Waals surface area (Å²) < 4.78 is 20.2. The summed E-state index contributed by atoms with van der Waals surface area (Å²) in [6, 6.07) is 5.65. The predicted octanol–water partition coefficient (Wildman–Crippen LogP) is 1.22. The zero-order chi connectivity index (χ0) is 15.0. The van der Waals surface area contributed by atoms with Crippen molar-refractivity contribution in [1.29, 1.82) is 0 Å². The monoisotopic (exact) mass is 287 g/mol. The second-order valence-corrected chi connectivity index (χ2v) is 4.28. The number of nitrogens with zero attached hydrogens (tertiary/aromatic N) is 2. The van der Waals surface area contributed by atoms with E-state index < -0.39 is 16.9 Å². The van der Waals surface area contributed by atoms with Gasteiger partial charge in [0.15, 0.2) is 5.82 Å². The van der Waals surface area contributed by atoms with Crippen LogP contribution in [0.25, 0.3) is 16.6 Å². The molecule has 3 rings (SSSR count). The van der Waals surface area contributed by atoms with Gasteiger partial charge in [-0.15, -0.1) is 0 Å². The maximum atomic E-state index is 14.1. The molecule has 7 heteroatoms. The Kier molecular flexibility index (Phi) is 3.02. The predicted molar refractivity (Wildman–Crippen MR) is 74.5 cm³/mol. The summed E-state index contributed by atoms with van der Waals surface area (Å²) in [7, 11) is 1.38. The van der Waals surface area contributed by atoms with Crippen LogP contribution < -0.4 is 15.9 Å². The molecule has 1 N–H and O–H groups in total. The van der Waals surface area contributed by atoms with Crippen molar-refractivity contribution < 1.29 is 9.13 Å². The van der Waals surface area contributed by atoms with E-state index in [0.29, 0.717) is 0 Å². The highest BCUT2D eigenvalue weighted by Gasteiger charge is 2.15. The number of benzene rings is 1. The number of para-hydroxylation sites is 1. The van der Waals surface area contributed by atoms with Crippen LogP contribution in [0.4, 0.5) is 4.39 Å². The van der Waals surface area contributed by atoms with Gasteiger partial charge in [0.05, 0.1) is 18.8 Å². The van der Waals surface area contributed by atoms with Crippen LogP contribution in [0.5, 0.6) is 5.75 Å². The lowest BCUT2D eigenvalue weighted by Gasteiger charge is -2.11. The van der Waals surface area contributed by atoms with Crippen molar-refractivity contribution in [2.45, 2.75) is 0 Å². The fourth-order valence-electron chi connectivity index (χ4n) is 2.14. The summed E-state index contributed by atoms with van der Waals surface area (Å²) in [5.41, 5.74) is -1.08. The van der Waals surface area contributed by atoms with E-state index in [1.165, 1.54) is 31.5 Å². The SMILES string of the molecule is COc1cccc(F)c1-n1ccc2c(=O)[nH]cnc2c1=O. The van der Waals surface area contributed by atoms with Crippen LogP contribution in [-0.4, -0.2) is 21.6 Å². The van der Waals surface area contributed by atoms with Gasteiger partial charge in [0.25, 0.3) is 11.1 Å². The molecule has 21 heavy (non-hydrogen) atoms. The van der Waals surface area contributed by atoms with E-state index in [9.17, 15) is 14.0 Å². The first kappa shape index (κ1) is 13.0. The summed E-state index contributed by atoms with van der Waals surface area (Å²) in [6.07, 6.45) is 2.46. The first-order valence-electron chi connectivity index (χ1n) is 6.05. The molecule has 0 saturated heterocycles. The second kappa shape index (κ2) is 4.86. The number of H-pyrrole nitrogens is 1. The van der Waals surface area contributed by atoms with Gasteiger partial charge in [0.2, 0.25) is 0 Å². The smallest absolute Gasteiger partial charge is 0.282 e. The molecule has 0 spiro atoms. The van der Waals surface area contributed by atoms with Gasteiger partial charge in [-0.25, -0.2) is 9.37 Å². The molecule has 2 heterocycles. The average Bonchev–Trinajstić information content (AvgIpc) is 2.49. The third-order valence-corrected chi connectivity index (χ3v) is 3.11. The quantitative estimate of drug-likeness (QED) is 0.769. The van der Waals surface area contributed by atoms with Crippen molar-refractivity contribution >= 4 is 10.9 Å². The molecular formula is C14H10FN3O3. The largest absolute Gasteiger partial charge is 0.494 e. The van der Waals surface area contributed by atoms with Crippen molar-refractivity contribution in [2.24, 2.45) is 0 Å². The standard InChI is InChI=1S/C14H10FN3O3/c1-21-10-4-2-3-9(15)12(10)18-6-5-8-11(14(18)20)16-7-17-13(8)19/h2-7H,1H3,(H,16,17,19). The summed E-state index contributed by atoms with van der Waals surface area (Å²) in [6.45, 7) is 0. The molecule has 0 bridgehead atoms. The number of fused-ring (bicyclic) bond motifs is 1. The lowest BCUT2D eigenvalue weighted by atomic mass is 10.2. The Hall–Kier alpha value is -2.96. The normalized spacial score (nSPS) is 10.8. The van der Waals surface area contributed by atoms with Gasteiger partial charge >= 0.3 is 0 Å². The highest BCUT2D eigenvalue weighted by molar-refractivity contribution is 5.76. The Bertz CT molecular complexity index is 946. The Labute approximate surface area is 117 Å². The van der Waals surface area contributed by atoms with E-state index in [2.05, 4.69) is 9.97 Å². The highest BCUT2D eigenvalue weighted by Crippen LogP contribution is 2.24. The molecule has 106 valence electrons. The molecule has 0 saturated carbocycles. The van der Waals surface area contributed by atoms with Gasteiger partial charge in [0.1, 0.15) is 17.0 Å². The fourth-order valence-corrected chi connectivity index (χ4v) is 2.14. The second-order valence-electron chi connectivity index (χ2n) is 4.28. The third-order valence-electron chi connectivity index (χ3n) is 3.11. The van der Waals surface area contributed by atoms with Crippen molar-refractivity contribution in [3.8, 4) is 11.4 Å². The van der Waals surface area contributed by atoms with Crippen LogP contribution >= 0.6 is 0 Å². The van der Waals surface area contributed by atoms with Crippen LogP contribution in [0.15, 0.2) is 46.4 Å². The molecule has 0 radical (unpaired) electrons. The zero-order valence-corrected chi connectivity index (χ0v) is 11.0. The van der Waals surface area contributed by atoms with E-state index in [1.54, 1.807) is 6.07 Å². The number of hydrogen-bond acceptors (Lipinski definition) is 4. The Balaban J connectivity index is 2.41. The van der Waals surface area contributed by atoms with E-state index in [-0.39, 0.29) is 22.3 Å². The minimum absolute atomic E-state index is 0.0195. The number of hydrogen-bond donors (Lipinski definition) is 1. The molecule has 0 amide bonds. The average molecular weight is 287 g/mol. The van der Waals surface area contributed by atoms with Crippen LogP contribution in [-0.2, 0) is 0 Å². The summed E-state index contributed by atoms with van der Waals surface area (Å²) >= 11 is 0. The van der Waals surface area contributed by atoms with Gasteiger partial charge < -0.3 is 9.72 Å². The van der Waals surface area contributed by atoms with Crippen LogP contribution in [0, 0.1) is 5.82 Å². The van der Waals surface area contributed by atoms with Gasteiger partial charge in [-0.3, -0.25) is 14.2 Å². The van der Waals surface area contributed by atoms with Crippen molar-refractivity contribution in [2.75, 3.05) is 7.11 Å². The highest BCUT2D eigenvalue weighted by atomic mass is 19.1. The molecule has 2 aromatic heterocycles. The van der Waals surface area contributed by atoms with Crippen LogP contribution in [0.2, 0.25) is 0 Å². The summed E-state index contributed by atoms with van der Waals surface area (Å²) in [5, 5.41) is 0.147. The summed E-state index contributed by atoms with van der Waals surface area (Å²) in [4.78, 5) is 30.3. The van der Waals surface area contributed by atoms with Crippen molar-refractivity contribution in [3.05, 3.63) is 63.3 Å². The van der Waals surface area contributed by atoms with Crippen LogP contribution in [0.3, 0.4) is 0 Å². The number of aromatic nitrogens is 3. The molecule has 0 unspecified atom stereocenters.